The van der Waals surface area contributed by atoms with E-state index in [2.05, 4.69) is 20.8 Å². The van der Waals surface area contributed by atoms with Crippen molar-refractivity contribution < 1.29 is 9.53 Å². The number of amides is 1. The lowest BCUT2D eigenvalue weighted by Gasteiger charge is -2.14. The molecule has 0 aliphatic rings. The molecular weight excluding hydrogens is 318 g/mol. The molecule has 8 heteroatoms. The zero-order valence-electron chi connectivity index (χ0n) is 13.3. The molecule has 1 heterocycles. The van der Waals surface area contributed by atoms with E-state index < -0.39 is 0 Å². The van der Waals surface area contributed by atoms with Gasteiger partial charge in [0.1, 0.15) is 12.1 Å². The van der Waals surface area contributed by atoms with Gasteiger partial charge in [-0.25, -0.2) is 0 Å². The Bertz CT molecular complexity index is 674. The summed E-state index contributed by atoms with van der Waals surface area (Å²) in [5.74, 6) is 1.32. The zero-order chi connectivity index (χ0) is 16.8. The van der Waals surface area contributed by atoms with Crippen LogP contribution in [-0.4, -0.2) is 34.3 Å². The summed E-state index contributed by atoms with van der Waals surface area (Å²) < 4.78 is 7.02. The number of methoxy groups -OCH3 is 1. The lowest BCUT2D eigenvalue weighted by molar-refractivity contribution is -0.121. The molecule has 1 unspecified atom stereocenters. The first-order valence-corrected chi connectivity index (χ1v) is 7.59. The molecule has 0 fully saturated rings. The van der Waals surface area contributed by atoms with Crippen LogP contribution in [-0.2, 0) is 11.8 Å². The fraction of sp³-hybridized carbons (Fsp3) is 0.400. The summed E-state index contributed by atoms with van der Waals surface area (Å²) in [4.78, 5) is 12.0. The number of rotatable bonds is 7. The van der Waals surface area contributed by atoms with Crippen molar-refractivity contribution >= 4 is 23.2 Å². The minimum absolute atomic E-state index is 0.0750. The zero-order valence-corrected chi connectivity index (χ0v) is 14.1. The van der Waals surface area contributed by atoms with Gasteiger partial charge in [-0.05, 0) is 25.1 Å². The van der Waals surface area contributed by atoms with E-state index in [1.807, 2.05) is 14.0 Å². The van der Waals surface area contributed by atoms with E-state index in [0.717, 1.165) is 5.69 Å². The summed E-state index contributed by atoms with van der Waals surface area (Å²) in [7, 11) is 3.43. The lowest BCUT2D eigenvalue weighted by atomic mass is 10.2. The molecular formula is C15H20ClN5O2. The van der Waals surface area contributed by atoms with Crippen LogP contribution < -0.4 is 15.4 Å². The first kappa shape index (κ1) is 17.1. The van der Waals surface area contributed by atoms with Crippen molar-refractivity contribution in [3.63, 3.8) is 0 Å². The van der Waals surface area contributed by atoms with Gasteiger partial charge in [0, 0.05) is 25.0 Å². The topological polar surface area (TPSA) is 81.1 Å². The molecule has 1 amide bonds. The second-order valence-corrected chi connectivity index (χ2v) is 5.55. The number of hydrogen-bond donors (Lipinski definition) is 2. The third-order valence-corrected chi connectivity index (χ3v) is 3.58. The Balaban J connectivity index is 1.83. The Hall–Kier alpha value is -2.28. The molecule has 0 radical (unpaired) electrons. The highest BCUT2D eigenvalue weighted by Crippen LogP contribution is 2.27. The number of halogens is 1. The van der Waals surface area contributed by atoms with Gasteiger partial charge in [0.2, 0.25) is 5.91 Å². The van der Waals surface area contributed by atoms with E-state index in [4.69, 9.17) is 16.3 Å². The van der Waals surface area contributed by atoms with Crippen molar-refractivity contribution in [2.45, 2.75) is 19.4 Å². The van der Waals surface area contributed by atoms with Crippen LogP contribution in [0.3, 0.4) is 0 Å². The van der Waals surface area contributed by atoms with E-state index >= 15 is 0 Å². The second-order valence-electron chi connectivity index (χ2n) is 5.11. The van der Waals surface area contributed by atoms with Gasteiger partial charge >= 0.3 is 0 Å². The van der Waals surface area contributed by atoms with Gasteiger partial charge in [0.25, 0.3) is 0 Å². The van der Waals surface area contributed by atoms with E-state index in [1.165, 1.54) is 0 Å². The minimum Gasteiger partial charge on any atom is -0.495 e. The van der Waals surface area contributed by atoms with Crippen LogP contribution in [0, 0.1) is 0 Å². The largest absolute Gasteiger partial charge is 0.495 e. The predicted octanol–water partition coefficient (Wildman–Crippen LogP) is 2.16. The minimum atomic E-state index is -0.198. The van der Waals surface area contributed by atoms with Crippen LogP contribution in [0.4, 0.5) is 5.69 Å². The highest BCUT2D eigenvalue weighted by molar-refractivity contribution is 6.30. The summed E-state index contributed by atoms with van der Waals surface area (Å²) >= 11 is 5.97. The molecule has 0 aliphatic carbocycles. The number of nitrogens with zero attached hydrogens (tertiary/aromatic N) is 3. The molecule has 2 rings (SSSR count). The first-order valence-electron chi connectivity index (χ1n) is 7.22. The van der Waals surface area contributed by atoms with E-state index in [1.54, 1.807) is 36.2 Å². The maximum Gasteiger partial charge on any atom is 0.222 e. The Morgan fingerprint density at radius 2 is 2.26 bits per heavy atom. The van der Waals surface area contributed by atoms with Crippen molar-refractivity contribution in [3.8, 4) is 5.75 Å². The van der Waals surface area contributed by atoms with Crippen molar-refractivity contribution in [1.82, 2.24) is 20.1 Å². The van der Waals surface area contributed by atoms with Gasteiger partial charge in [-0.15, -0.1) is 10.2 Å². The number of aromatic nitrogens is 3. The Kier molecular flexibility index (Phi) is 5.81. The van der Waals surface area contributed by atoms with Crippen molar-refractivity contribution in [3.05, 3.63) is 35.4 Å². The third-order valence-electron chi connectivity index (χ3n) is 3.34. The molecule has 0 aliphatic heterocycles. The third kappa shape index (κ3) is 4.59. The van der Waals surface area contributed by atoms with Crippen LogP contribution >= 0.6 is 11.6 Å². The molecule has 23 heavy (non-hydrogen) atoms. The second kappa shape index (κ2) is 7.82. The number of ether oxygens (including phenoxy) is 1. The molecule has 1 aromatic carbocycles. The Labute approximate surface area is 140 Å². The van der Waals surface area contributed by atoms with E-state index in [-0.39, 0.29) is 11.9 Å². The van der Waals surface area contributed by atoms with Crippen molar-refractivity contribution in [2.75, 3.05) is 19.0 Å². The number of carbonyl (C=O) groups excluding carboxylic acids is 1. The fourth-order valence-electron chi connectivity index (χ4n) is 2.19. The Morgan fingerprint density at radius 3 is 2.91 bits per heavy atom. The number of nitrogens with one attached hydrogen (secondary N) is 2. The smallest absolute Gasteiger partial charge is 0.222 e. The summed E-state index contributed by atoms with van der Waals surface area (Å²) in [6, 6.07) is 5.10. The summed E-state index contributed by atoms with van der Waals surface area (Å²) in [6.07, 6.45) is 1.92. The fourth-order valence-corrected chi connectivity index (χ4v) is 2.36. The predicted molar refractivity (Wildman–Crippen MR) is 88.7 cm³/mol. The van der Waals surface area contributed by atoms with Crippen molar-refractivity contribution in [2.24, 2.45) is 7.05 Å². The lowest BCUT2D eigenvalue weighted by Crippen LogP contribution is -2.29. The van der Waals surface area contributed by atoms with Gasteiger partial charge in [0.05, 0.1) is 18.8 Å². The van der Waals surface area contributed by atoms with Gasteiger partial charge in [-0.1, -0.05) is 11.6 Å². The molecule has 1 aromatic heterocycles. The van der Waals surface area contributed by atoms with Crippen LogP contribution in [0.2, 0.25) is 5.02 Å². The van der Waals surface area contributed by atoms with E-state index in [0.29, 0.717) is 29.6 Å². The monoisotopic (exact) mass is 337 g/mol. The summed E-state index contributed by atoms with van der Waals surface area (Å²) in [6.45, 7) is 2.34. The molecule has 124 valence electrons. The number of carbonyl (C=O) groups is 1. The average Bonchev–Trinajstić information content (AvgIpc) is 2.93. The highest BCUT2D eigenvalue weighted by atomic mass is 35.5. The van der Waals surface area contributed by atoms with Gasteiger partial charge in [-0.2, -0.15) is 0 Å². The first-order chi connectivity index (χ1) is 11.0. The quantitative estimate of drug-likeness (QED) is 0.809. The SMILES string of the molecule is COc1ccc(Cl)cc1NCCC(=O)NC(C)c1nncn1C. The maximum absolute atomic E-state index is 12.0. The molecule has 0 saturated carbocycles. The van der Waals surface area contributed by atoms with Crippen molar-refractivity contribution in [1.29, 1.82) is 0 Å². The van der Waals surface area contributed by atoms with Crippen LogP contribution in [0.25, 0.3) is 0 Å². The summed E-state index contributed by atoms with van der Waals surface area (Å²) in [5, 5.41) is 14.4. The molecule has 2 aromatic rings. The molecule has 0 bridgehead atoms. The number of benzene rings is 1. The van der Waals surface area contributed by atoms with Crippen LogP contribution in [0.1, 0.15) is 25.2 Å². The average molecular weight is 338 g/mol. The molecule has 0 saturated heterocycles. The van der Waals surface area contributed by atoms with Crippen LogP contribution in [0.5, 0.6) is 5.75 Å². The van der Waals surface area contributed by atoms with Gasteiger partial charge in [0.15, 0.2) is 5.82 Å². The molecule has 0 spiro atoms. The number of hydrogen-bond acceptors (Lipinski definition) is 5. The van der Waals surface area contributed by atoms with Gasteiger partial charge in [-0.3, -0.25) is 4.79 Å². The van der Waals surface area contributed by atoms with E-state index in [9.17, 15) is 4.79 Å². The highest BCUT2D eigenvalue weighted by Gasteiger charge is 2.14. The molecule has 1 atom stereocenters. The number of aryl methyl sites for hydroxylation is 1. The van der Waals surface area contributed by atoms with Gasteiger partial charge < -0.3 is 19.9 Å². The van der Waals surface area contributed by atoms with Crippen LogP contribution in [0.15, 0.2) is 24.5 Å². The normalized spacial score (nSPS) is 11.8. The number of anilines is 1. The maximum atomic E-state index is 12.0. The summed E-state index contributed by atoms with van der Waals surface area (Å²) in [5.41, 5.74) is 0.758. The molecule has 2 N–H and O–H groups in total. The standard InChI is InChI=1S/C15H20ClN5O2/c1-10(15-20-18-9-21(15)2)19-14(22)6-7-17-12-8-11(16)4-5-13(12)23-3/h4-5,8-10,17H,6-7H2,1-3H3,(H,19,22). The Morgan fingerprint density at radius 1 is 1.48 bits per heavy atom. The molecule has 7 nitrogen and oxygen atoms in total.